The number of benzene rings is 3. The average molecular weight is 622 g/mol. The van der Waals surface area contributed by atoms with E-state index in [1.807, 2.05) is 0 Å². The van der Waals surface area contributed by atoms with Crippen molar-refractivity contribution >= 4 is 43.2 Å². The summed E-state index contributed by atoms with van der Waals surface area (Å²) in [6, 6.07) is 18.4. The van der Waals surface area contributed by atoms with Gasteiger partial charge in [0.05, 0.1) is 34.2 Å². The van der Waals surface area contributed by atoms with Gasteiger partial charge in [-0.3, -0.25) is 9.10 Å². The fourth-order valence-corrected chi connectivity index (χ4v) is 7.56. The lowest BCUT2D eigenvalue weighted by molar-refractivity contribution is -0.119. The number of carbonyl (C=O) groups excluding carboxylic acids is 1. The summed E-state index contributed by atoms with van der Waals surface area (Å²) in [6.07, 6.45) is 2.75. The van der Waals surface area contributed by atoms with E-state index in [9.17, 15) is 21.6 Å². The molecular weight excluding hydrogens is 590 g/mol. The zero-order chi connectivity index (χ0) is 29.5. The van der Waals surface area contributed by atoms with Crippen LogP contribution in [0.4, 0.5) is 5.69 Å². The third kappa shape index (κ3) is 7.50. The summed E-state index contributed by atoms with van der Waals surface area (Å²) in [7, 11) is -6.19. The maximum atomic E-state index is 13.4. The molecule has 0 saturated carbocycles. The number of amides is 1. The van der Waals surface area contributed by atoms with E-state index in [-0.39, 0.29) is 33.7 Å². The molecule has 1 N–H and O–H groups in total. The predicted octanol–water partition coefficient (Wildman–Crippen LogP) is 3.91. The van der Waals surface area contributed by atoms with Crippen molar-refractivity contribution in [3.63, 3.8) is 0 Å². The van der Waals surface area contributed by atoms with Gasteiger partial charge in [0.15, 0.2) is 0 Å². The van der Waals surface area contributed by atoms with Crippen LogP contribution in [0.1, 0.15) is 19.3 Å². The summed E-state index contributed by atoms with van der Waals surface area (Å²) in [4.78, 5) is 13.1. The molecule has 0 aliphatic carbocycles. The summed E-state index contributed by atoms with van der Waals surface area (Å²) in [5.41, 5.74) is 0.200. The zero-order valence-electron chi connectivity index (χ0n) is 22.5. The highest BCUT2D eigenvalue weighted by molar-refractivity contribution is 7.92. The summed E-state index contributed by atoms with van der Waals surface area (Å²) < 4.78 is 65.8. The molecular formula is C28H32ClN3O7S2. The fourth-order valence-electron chi connectivity index (χ4n) is 4.35. The number of carbonyl (C=O) groups is 1. The molecule has 0 spiro atoms. The standard InChI is InChI=1S/C28H32ClN3O7S2/c1-38-27-15-10-22(20-26(27)29)32(41(36,37)24-8-4-2-5-9-24)21-28(33)30-16-19-39-23-11-13-25(14-12-23)40(34,35)31-17-6-3-7-18-31/h2,4-5,8-15,20H,3,6-7,16-19,21H2,1H3,(H,30,33). The van der Waals surface area contributed by atoms with Gasteiger partial charge >= 0.3 is 0 Å². The molecule has 0 aromatic heterocycles. The number of hydrogen-bond donors (Lipinski definition) is 1. The molecule has 0 bridgehead atoms. The molecule has 0 unspecified atom stereocenters. The quantitative estimate of drug-likeness (QED) is 0.304. The van der Waals surface area contributed by atoms with Gasteiger partial charge < -0.3 is 14.8 Å². The first-order valence-electron chi connectivity index (χ1n) is 13.0. The first-order valence-corrected chi connectivity index (χ1v) is 16.3. The Bertz CT molecular complexity index is 1550. The number of halogens is 1. The number of hydrogen-bond acceptors (Lipinski definition) is 7. The number of methoxy groups -OCH3 is 1. The van der Waals surface area contributed by atoms with Gasteiger partial charge in [-0.05, 0) is 67.4 Å². The lowest BCUT2D eigenvalue weighted by atomic mass is 10.2. The van der Waals surface area contributed by atoms with Crippen molar-refractivity contribution in [1.29, 1.82) is 0 Å². The van der Waals surface area contributed by atoms with Gasteiger partial charge in [0.1, 0.15) is 24.7 Å². The van der Waals surface area contributed by atoms with E-state index in [1.165, 1.54) is 53.9 Å². The van der Waals surface area contributed by atoms with E-state index < -0.39 is 32.5 Å². The number of anilines is 1. The number of sulfonamides is 2. The Morgan fingerprint density at radius 2 is 1.61 bits per heavy atom. The van der Waals surface area contributed by atoms with Crippen LogP contribution in [0.25, 0.3) is 0 Å². The highest BCUT2D eigenvalue weighted by Crippen LogP contribution is 2.32. The smallest absolute Gasteiger partial charge is 0.264 e. The lowest BCUT2D eigenvalue weighted by Gasteiger charge is -2.25. The van der Waals surface area contributed by atoms with Gasteiger partial charge in [0.25, 0.3) is 10.0 Å². The fraction of sp³-hybridized carbons (Fsp3) is 0.321. The molecule has 10 nitrogen and oxygen atoms in total. The molecule has 1 aliphatic rings. The Hall–Kier alpha value is -3.32. The minimum absolute atomic E-state index is 0.0221. The minimum atomic E-state index is -4.09. The van der Waals surface area contributed by atoms with Crippen LogP contribution in [0.5, 0.6) is 11.5 Å². The molecule has 41 heavy (non-hydrogen) atoms. The lowest BCUT2D eigenvalue weighted by Crippen LogP contribution is -2.41. The first-order chi connectivity index (χ1) is 19.6. The minimum Gasteiger partial charge on any atom is -0.495 e. The van der Waals surface area contributed by atoms with Crippen LogP contribution in [0.15, 0.2) is 82.6 Å². The highest BCUT2D eigenvalue weighted by Gasteiger charge is 2.28. The predicted molar refractivity (Wildman–Crippen MR) is 157 cm³/mol. The van der Waals surface area contributed by atoms with E-state index in [2.05, 4.69) is 5.32 Å². The van der Waals surface area contributed by atoms with Gasteiger partial charge in [0.2, 0.25) is 15.9 Å². The maximum Gasteiger partial charge on any atom is 0.264 e. The average Bonchev–Trinajstić information content (AvgIpc) is 2.99. The molecule has 220 valence electrons. The van der Waals surface area contributed by atoms with E-state index >= 15 is 0 Å². The molecule has 1 heterocycles. The molecule has 4 rings (SSSR count). The molecule has 1 amide bonds. The zero-order valence-corrected chi connectivity index (χ0v) is 24.9. The van der Waals surface area contributed by atoms with Crippen LogP contribution in [0.2, 0.25) is 5.02 Å². The van der Waals surface area contributed by atoms with Crippen LogP contribution in [0.3, 0.4) is 0 Å². The number of ether oxygens (including phenoxy) is 2. The third-order valence-corrected chi connectivity index (χ3v) is 10.5. The van der Waals surface area contributed by atoms with Crippen molar-refractivity contribution in [3.05, 3.63) is 77.8 Å². The van der Waals surface area contributed by atoms with Gasteiger partial charge in [-0.15, -0.1) is 0 Å². The van der Waals surface area contributed by atoms with Gasteiger partial charge in [0, 0.05) is 13.1 Å². The van der Waals surface area contributed by atoms with Crippen LogP contribution in [0, 0.1) is 0 Å². The molecule has 3 aromatic carbocycles. The van der Waals surface area contributed by atoms with E-state index in [1.54, 1.807) is 30.3 Å². The summed E-state index contributed by atoms with van der Waals surface area (Å²) in [5, 5.41) is 2.86. The summed E-state index contributed by atoms with van der Waals surface area (Å²) in [5.74, 6) is 0.257. The van der Waals surface area contributed by atoms with E-state index in [0.717, 1.165) is 23.6 Å². The molecule has 1 fully saturated rings. The maximum absolute atomic E-state index is 13.4. The Labute approximate surface area is 245 Å². The SMILES string of the molecule is COc1ccc(N(CC(=O)NCCOc2ccc(S(=O)(=O)N3CCCCC3)cc2)S(=O)(=O)c2ccccc2)cc1Cl. The highest BCUT2D eigenvalue weighted by atomic mass is 35.5. The van der Waals surface area contributed by atoms with Crippen molar-refractivity contribution in [2.45, 2.75) is 29.1 Å². The Kier molecular flexibility index (Phi) is 10.1. The number of nitrogens with one attached hydrogen (secondary N) is 1. The van der Waals surface area contributed by atoms with Crippen LogP contribution in [-0.2, 0) is 24.8 Å². The van der Waals surface area contributed by atoms with E-state index in [0.29, 0.717) is 24.6 Å². The normalized spacial score (nSPS) is 14.3. The molecule has 3 aromatic rings. The summed E-state index contributed by atoms with van der Waals surface area (Å²) >= 11 is 6.24. The van der Waals surface area contributed by atoms with Crippen LogP contribution >= 0.6 is 11.6 Å². The Morgan fingerprint density at radius 1 is 0.927 bits per heavy atom. The largest absolute Gasteiger partial charge is 0.495 e. The van der Waals surface area contributed by atoms with Gasteiger partial charge in [-0.25, -0.2) is 16.8 Å². The number of rotatable bonds is 12. The molecule has 13 heteroatoms. The Morgan fingerprint density at radius 3 is 2.24 bits per heavy atom. The van der Waals surface area contributed by atoms with Crippen molar-refractivity contribution in [2.75, 3.05) is 44.2 Å². The third-order valence-electron chi connectivity index (χ3n) is 6.51. The van der Waals surface area contributed by atoms with Crippen molar-refractivity contribution < 1.29 is 31.1 Å². The van der Waals surface area contributed by atoms with Crippen molar-refractivity contribution in [1.82, 2.24) is 9.62 Å². The Balaban J connectivity index is 1.37. The second-order valence-electron chi connectivity index (χ2n) is 9.28. The topological polar surface area (TPSA) is 122 Å². The van der Waals surface area contributed by atoms with Crippen LogP contribution in [-0.4, -0.2) is 66.9 Å². The van der Waals surface area contributed by atoms with Gasteiger partial charge in [-0.2, -0.15) is 4.31 Å². The second kappa shape index (κ2) is 13.6. The second-order valence-corrected chi connectivity index (χ2v) is 13.5. The molecule has 0 radical (unpaired) electrons. The monoisotopic (exact) mass is 621 g/mol. The summed E-state index contributed by atoms with van der Waals surface area (Å²) in [6.45, 7) is 0.730. The first kappa shape index (κ1) is 30.6. The molecule has 1 aliphatic heterocycles. The molecule has 1 saturated heterocycles. The van der Waals surface area contributed by atoms with Crippen LogP contribution < -0.4 is 19.1 Å². The number of nitrogens with zero attached hydrogens (tertiary/aromatic N) is 2. The van der Waals surface area contributed by atoms with Crippen molar-refractivity contribution in [3.8, 4) is 11.5 Å². The van der Waals surface area contributed by atoms with E-state index in [4.69, 9.17) is 21.1 Å². The number of piperidine rings is 1. The van der Waals surface area contributed by atoms with Crippen molar-refractivity contribution in [2.24, 2.45) is 0 Å². The molecule has 0 atom stereocenters. The van der Waals surface area contributed by atoms with Gasteiger partial charge in [-0.1, -0.05) is 36.2 Å².